The number of phenolic OH excluding ortho intramolecular Hbond substituents is 4. The first-order valence-corrected chi connectivity index (χ1v) is 56.6. The summed E-state index contributed by atoms with van der Waals surface area (Å²) in [6, 6.07) is 30.2. The van der Waals surface area contributed by atoms with E-state index in [4.69, 9.17) is 51.8 Å². The second-order valence-electron chi connectivity index (χ2n) is 29.6. The second kappa shape index (κ2) is 72.9. The van der Waals surface area contributed by atoms with Crippen LogP contribution in [0.25, 0.3) is 0 Å². The van der Waals surface area contributed by atoms with Crippen LogP contribution in [0, 0.1) is 0 Å². The van der Waals surface area contributed by atoms with Gasteiger partial charge in [0.05, 0.1) is 37.8 Å². The normalized spacial score (nSPS) is 12.0. The smallest absolute Gasteiger partial charge is 0.508 e. The summed E-state index contributed by atoms with van der Waals surface area (Å²) in [7, 11) is -49.6. The second-order valence-corrected chi connectivity index (χ2v) is 45.9. The Morgan fingerprint density at radius 1 is 0.306 bits per heavy atom. The van der Waals surface area contributed by atoms with Crippen molar-refractivity contribution in [1.82, 2.24) is 44.1 Å². The van der Waals surface area contributed by atoms with Gasteiger partial charge in [0, 0.05) is 200 Å². The molecule has 0 fully saturated rings. The standard InChI is InChI=1S/C21H32N2O11P2.C20H24N2O9S.C18H26N2O8P2.C9H28N3O15P5.6CH4.4Fe.O3S/c24-10-17-5-1-3-15(20(17)27)7-22(13-35(29,30)31)9-19(12-26)23(14-36(32,33)34)8-16-4-2-6-18(11-25)21(16)28;23-17-4-2-1-3-14(17)10-21(12-19(25)26)7-8-22(13-20(27)28)11-15-9-16(32(29,30)31)5-6-18(15)24;21-17-7-3-1-5-15(17)11-19(13-29(23,24)25)9-10-20(14-30(26,27)28)12-16-6-2-4-8-18(16)22;13-28(14,15)5-10(1-3-11(6-29(16,17)18)7-30(19,20)21)2-4-12(8-31(22,23)24)9-32(25,26)27;;;;;;;;;;;1-4(2)3/h1-6,19,24-28H,7-14H2,(H2,29,30,31)(H2,32,33,34);1-6,9,23-24H,7-8,10-13H2,(H,25,26)(H,27,28)(H,29,30,31);1-8,21-22H,9-14H2,(H2,23,24,25)(H2,26,27,28);1-9H2,(H2,13,14,15)(H2,16,17,18)(H2,19,20,21)(H2,22,23,24)(H2,25,26,27);6*1H4;;;;;/q;;;;;;;;;;;;;+3;. The fourth-order valence-corrected chi connectivity index (χ4v) is 20.1. The van der Waals surface area contributed by atoms with Gasteiger partial charge >= 0.3 is 108 Å². The number of aromatic hydroxyl groups is 6. The summed E-state index contributed by atoms with van der Waals surface area (Å²) in [5, 5.41) is 108. The molecule has 55 nitrogen and oxygen atoms in total. The zero-order valence-electron chi connectivity index (χ0n) is 71.9. The molecule has 6 rings (SSSR count). The van der Waals surface area contributed by atoms with Crippen molar-refractivity contribution in [2.24, 2.45) is 0 Å². The average Bonchev–Trinajstić information content (AvgIpc) is 0.833. The molecule has 0 aromatic heterocycles. The molecule has 70 heteroatoms. The largest absolute Gasteiger partial charge is 3.00 e. The number of aliphatic hydroxyl groups is 3. The third-order valence-electron chi connectivity index (χ3n) is 17.7. The van der Waals surface area contributed by atoms with Crippen LogP contribution in [-0.2, 0) is 192 Å². The number of nitrogens with zero attached hydrogens (tertiary/aromatic N) is 9. The molecule has 0 aliphatic heterocycles. The summed E-state index contributed by atoms with van der Waals surface area (Å²) >= 11 is 0. The Kier molecular flexibility index (Phi) is 79.6. The quantitative estimate of drug-likeness (QED) is 0.0148. The van der Waals surface area contributed by atoms with E-state index >= 15 is 0 Å². The molecule has 837 valence electrons. The minimum atomic E-state index is -4.76. The number of hydrogen-bond donors (Lipinski definition) is 30. The minimum absolute atomic E-state index is 0. The number of carbonyl (C=O) groups is 2. The van der Waals surface area contributed by atoms with Gasteiger partial charge in [0.2, 0.25) is 0 Å². The molecule has 30 N–H and O–H groups in total. The number of para-hydroxylation sites is 5. The van der Waals surface area contributed by atoms with Crippen LogP contribution in [-0.4, -0.2) is 367 Å². The number of benzene rings is 6. The summed E-state index contributed by atoms with van der Waals surface area (Å²) in [5.41, 5.74) is 2.34. The molecule has 0 saturated heterocycles. The van der Waals surface area contributed by atoms with E-state index in [9.17, 15) is 169 Å². The summed E-state index contributed by atoms with van der Waals surface area (Å²) in [6.07, 6.45) is -8.00. The van der Waals surface area contributed by atoms with Gasteiger partial charge in [-0.05, 0) is 36.4 Å². The molecule has 6 aromatic rings. The molecule has 6 aromatic carbocycles. The number of carboxylic acids is 2. The van der Waals surface area contributed by atoms with Crippen molar-refractivity contribution in [2.75, 3.05) is 135 Å². The van der Waals surface area contributed by atoms with Crippen LogP contribution < -0.4 is 0 Å². The maximum absolute atomic E-state index is 11.9. The van der Waals surface area contributed by atoms with Gasteiger partial charge in [-0.25, -0.2) is 0 Å². The molecular weight excluding hydrogens is 2320 g/mol. The van der Waals surface area contributed by atoms with Crippen molar-refractivity contribution in [3.63, 3.8) is 0 Å². The van der Waals surface area contributed by atoms with E-state index in [-0.39, 0.29) is 254 Å². The van der Waals surface area contributed by atoms with E-state index in [1.54, 1.807) is 54.6 Å². The molecule has 0 spiro atoms. The molecular formula is C74H134Fe4N9O46P9S2+3. The van der Waals surface area contributed by atoms with Crippen LogP contribution >= 0.6 is 68.4 Å². The zero-order valence-corrected chi connectivity index (χ0v) is 86.0. The Morgan fingerprint density at radius 2 is 0.535 bits per heavy atom. The van der Waals surface area contributed by atoms with Crippen LogP contribution in [0.4, 0.5) is 0 Å². The van der Waals surface area contributed by atoms with E-state index in [0.717, 1.165) is 23.1 Å². The molecule has 0 amide bonds. The summed E-state index contributed by atoms with van der Waals surface area (Å²) in [4.78, 5) is 199. The van der Waals surface area contributed by atoms with Crippen LogP contribution in [0.2, 0.25) is 0 Å². The van der Waals surface area contributed by atoms with Gasteiger partial charge in [0.25, 0.3) is 10.1 Å². The SMILES string of the molecule is C.C.C.C.C.C.O=C(O)CN(CCN(CC(=O)O)Cc1cc(S(=O)(=O)O)ccc1O)Cc1ccccc1O.O=P(O)(O)CN(CCN(CP(=O)(O)O)CP(=O)(O)O)CCN(CP(=O)(O)O)CP(=O)(O)O.O=P(O)(O)CN(CCN(Cc1ccccc1O)CP(=O)(O)O)Cc1ccccc1O.O=P(O)(O)CN(Cc1cccc(CO)c1O)CC(CO)N(Cc1cccc(CO)c1O)CP(=O)(O)O.O=S(=O)=O.[Fe+3].[Fe].[Fe].[Fe]. The van der Waals surface area contributed by atoms with Crippen LogP contribution in [0.5, 0.6) is 34.5 Å². The molecule has 1 radical (unpaired) electrons. The van der Waals surface area contributed by atoms with E-state index in [1.165, 1.54) is 84.0 Å². The Morgan fingerprint density at radius 3 is 0.819 bits per heavy atom. The minimum Gasteiger partial charge on any atom is -0.508 e. The van der Waals surface area contributed by atoms with Crippen molar-refractivity contribution in [3.8, 4) is 34.5 Å². The van der Waals surface area contributed by atoms with Crippen molar-refractivity contribution < 1.29 is 289 Å². The van der Waals surface area contributed by atoms with Gasteiger partial charge < -0.3 is 144 Å². The first-order chi connectivity index (χ1) is 61.3. The van der Waals surface area contributed by atoms with Crippen molar-refractivity contribution in [1.29, 1.82) is 0 Å². The van der Waals surface area contributed by atoms with Gasteiger partial charge in [0.15, 0.2) is 0 Å². The van der Waals surface area contributed by atoms with Gasteiger partial charge in [-0.1, -0.05) is 136 Å². The molecule has 0 bridgehead atoms. The van der Waals surface area contributed by atoms with Crippen LogP contribution in [0.15, 0.2) is 132 Å². The first kappa shape index (κ1) is 157. The Bertz CT molecular complexity index is 5310. The number of carboxylic acid groups (broad SMARTS) is 2. The zero-order chi connectivity index (χ0) is 103. The van der Waals surface area contributed by atoms with E-state index < -0.39 is 221 Å². The molecule has 0 aliphatic rings. The number of hydrogen-bond acceptors (Lipinski definition) is 34. The average molecular weight is 2450 g/mol. The molecule has 144 heavy (non-hydrogen) atoms. The van der Waals surface area contributed by atoms with Crippen LogP contribution in [0.1, 0.15) is 89.1 Å². The molecule has 1 atom stereocenters. The summed E-state index contributed by atoms with van der Waals surface area (Å²) < 4.78 is 160. The van der Waals surface area contributed by atoms with Gasteiger partial charge in [-0.15, -0.1) is 12.6 Å². The molecule has 0 saturated carbocycles. The third kappa shape index (κ3) is 73.7. The van der Waals surface area contributed by atoms with E-state index in [0.29, 0.717) is 26.5 Å². The number of aliphatic hydroxyl groups excluding tert-OH is 3. The molecule has 0 heterocycles. The summed E-state index contributed by atoms with van der Waals surface area (Å²) in [6.45, 7) is -4.68. The van der Waals surface area contributed by atoms with Crippen molar-refractivity contribution in [2.45, 2.75) is 108 Å². The van der Waals surface area contributed by atoms with Gasteiger partial charge in [-0.3, -0.25) is 99.3 Å². The van der Waals surface area contributed by atoms with E-state index in [2.05, 4.69) is 0 Å². The van der Waals surface area contributed by atoms with E-state index in [1.807, 2.05) is 0 Å². The number of aliphatic carboxylic acids is 2. The molecule has 1 unspecified atom stereocenters. The fraction of sp³-hybridized carbons (Fsp3) is 0.486. The topological polar surface area (TPSA) is 909 Å². The van der Waals surface area contributed by atoms with Crippen molar-refractivity contribution >= 4 is 101 Å². The maximum Gasteiger partial charge on any atom is 3.00 e. The Hall–Kier alpha value is -4.46. The number of phenols is 6. The first-order valence-electron chi connectivity index (χ1n) is 38.0. The predicted octanol–water partition coefficient (Wildman–Crippen LogP) is 2.88. The monoisotopic (exact) mass is 2450 g/mol. The number of rotatable bonds is 53. The Labute approximate surface area is 877 Å². The maximum atomic E-state index is 11.9. The summed E-state index contributed by atoms with van der Waals surface area (Å²) in [5.74, 6) is -3.17. The van der Waals surface area contributed by atoms with Gasteiger partial charge in [0.1, 0.15) is 91.1 Å². The van der Waals surface area contributed by atoms with Crippen LogP contribution in [0.3, 0.4) is 0 Å². The van der Waals surface area contributed by atoms with Crippen molar-refractivity contribution in [3.05, 3.63) is 172 Å². The Balaban J connectivity index is -0.000000233. The predicted molar refractivity (Wildman–Crippen MR) is 511 cm³/mol. The fourth-order valence-electron chi connectivity index (χ4n) is 12.3. The molecule has 0 aliphatic carbocycles. The van der Waals surface area contributed by atoms with Gasteiger partial charge in [-0.2, -0.15) is 8.42 Å². The third-order valence-corrected chi connectivity index (χ3v) is 25.4.